The van der Waals surface area contributed by atoms with E-state index in [1.807, 2.05) is 30.3 Å². The lowest BCUT2D eigenvalue weighted by molar-refractivity contribution is -0.135. The van der Waals surface area contributed by atoms with Crippen LogP contribution in [0.15, 0.2) is 54.6 Å². The van der Waals surface area contributed by atoms with E-state index >= 15 is 0 Å². The zero-order valence-corrected chi connectivity index (χ0v) is 16.6. The molecule has 2 amide bonds. The van der Waals surface area contributed by atoms with Crippen molar-refractivity contribution in [3.8, 4) is 5.75 Å². The number of hydrogen-bond acceptors (Lipinski definition) is 5. The minimum absolute atomic E-state index is 0.0482. The Balaban J connectivity index is 1.50. The molecule has 1 saturated heterocycles. The van der Waals surface area contributed by atoms with Crippen molar-refractivity contribution in [1.82, 2.24) is 9.80 Å². The summed E-state index contributed by atoms with van der Waals surface area (Å²) in [6, 6.07) is 16.4. The quantitative estimate of drug-likeness (QED) is 0.766. The van der Waals surface area contributed by atoms with Crippen LogP contribution in [0.2, 0.25) is 0 Å². The normalized spacial score (nSPS) is 15.1. The lowest BCUT2D eigenvalue weighted by Crippen LogP contribution is -2.55. The van der Waals surface area contributed by atoms with Crippen LogP contribution in [0.25, 0.3) is 0 Å². The number of carbonyl (C=O) groups is 2. The van der Waals surface area contributed by atoms with Crippen LogP contribution < -0.4 is 10.5 Å². The van der Waals surface area contributed by atoms with Gasteiger partial charge in [0.15, 0.2) is 0 Å². The molecule has 7 heteroatoms. The number of rotatable bonds is 7. The van der Waals surface area contributed by atoms with Gasteiger partial charge < -0.3 is 25.0 Å². The molecule has 2 aromatic rings. The van der Waals surface area contributed by atoms with E-state index in [9.17, 15) is 9.59 Å². The molecule has 2 aromatic carbocycles. The molecule has 1 aliphatic rings. The summed E-state index contributed by atoms with van der Waals surface area (Å²) in [6.45, 7) is 2.58. The van der Waals surface area contributed by atoms with Gasteiger partial charge in [0, 0.05) is 38.9 Å². The standard InChI is InChI=1S/C22H27N3O4/c1-28-16-20(23)22(27)25-13-11-24(12-14-25)21(26)18-7-9-19(10-8-18)29-15-17-5-3-2-4-6-17/h2-10,20H,11-16,23H2,1H3. The van der Waals surface area contributed by atoms with Gasteiger partial charge in [-0.1, -0.05) is 30.3 Å². The van der Waals surface area contributed by atoms with Crippen molar-refractivity contribution in [1.29, 1.82) is 0 Å². The van der Waals surface area contributed by atoms with Crippen LogP contribution in [0.1, 0.15) is 15.9 Å². The summed E-state index contributed by atoms with van der Waals surface area (Å²) >= 11 is 0. The SMILES string of the molecule is COCC(N)C(=O)N1CCN(C(=O)c2ccc(OCc3ccccc3)cc2)CC1. The van der Waals surface area contributed by atoms with Gasteiger partial charge in [0.05, 0.1) is 6.61 Å². The Morgan fingerprint density at radius 2 is 1.59 bits per heavy atom. The van der Waals surface area contributed by atoms with E-state index in [4.69, 9.17) is 15.2 Å². The molecule has 0 bridgehead atoms. The number of amides is 2. The first-order chi connectivity index (χ1) is 14.1. The molecule has 3 rings (SSSR count). The van der Waals surface area contributed by atoms with Gasteiger partial charge in [-0.15, -0.1) is 0 Å². The van der Waals surface area contributed by atoms with Gasteiger partial charge in [-0.05, 0) is 29.8 Å². The molecular formula is C22H27N3O4. The highest BCUT2D eigenvalue weighted by atomic mass is 16.5. The second kappa shape index (κ2) is 10.0. The Bertz CT molecular complexity index is 803. The molecule has 7 nitrogen and oxygen atoms in total. The van der Waals surface area contributed by atoms with E-state index in [-0.39, 0.29) is 18.4 Å². The topological polar surface area (TPSA) is 85.1 Å². The summed E-state index contributed by atoms with van der Waals surface area (Å²) in [4.78, 5) is 28.4. The molecule has 1 atom stereocenters. The number of nitrogens with zero attached hydrogens (tertiary/aromatic N) is 2. The van der Waals surface area contributed by atoms with Gasteiger partial charge in [0.2, 0.25) is 5.91 Å². The number of carbonyl (C=O) groups excluding carboxylic acids is 2. The minimum atomic E-state index is -0.661. The molecule has 1 aliphatic heterocycles. The summed E-state index contributed by atoms with van der Waals surface area (Å²) in [5, 5.41) is 0. The van der Waals surface area contributed by atoms with Crippen LogP contribution in [0.5, 0.6) is 5.75 Å². The molecule has 1 fully saturated rings. The molecule has 0 radical (unpaired) electrons. The van der Waals surface area contributed by atoms with Crippen LogP contribution in [0, 0.1) is 0 Å². The lowest BCUT2D eigenvalue weighted by atomic mass is 10.1. The number of methoxy groups -OCH3 is 1. The molecule has 0 spiro atoms. The number of nitrogens with two attached hydrogens (primary N) is 1. The Labute approximate surface area is 171 Å². The van der Waals surface area contributed by atoms with Gasteiger partial charge in [0.25, 0.3) is 5.91 Å². The largest absolute Gasteiger partial charge is 0.489 e. The van der Waals surface area contributed by atoms with Crippen molar-refractivity contribution in [3.63, 3.8) is 0 Å². The molecule has 0 saturated carbocycles. The maximum absolute atomic E-state index is 12.7. The first-order valence-electron chi connectivity index (χ1n) is 9.68. The average molecular weight is 397 g/mol. The molecule has 0 aromatic heterocycles. The average Bonchev–Trinajstić information content (AvgIpc) is 2.78. The Hall–Kier alpha value is -2.90. The Morgan fingerprint density at radius 1 is 0.966 bits per heavy atom. The highest BCUT2D eigenvalue weighted by Crippen LogP contribution is 2.16. The van der Waals surface area contributed by atoms with Gasteiger partial charge >= 0.3 is 0 Å². The Kier molecular flexibility index (Phi) is 7.21. The van der Waals surface area contributed by atoms with Crippen molar-refractivity contribution in [2.75, 3.05) is 39.9 Å². The van der Waals surface area contributed by atoms with Crippen LogP contribution in [0.4, 0.5) is 0 Å². The summed E-state index contributed by atoms with van der Waals surface area (Å²) in [5.74, 6) is 0.528. The van der Waals surface area contributed by atoms with Gasteiger partial charge in [-0.25, -0.2) is 0 Å². The maximum Gasteiger partial charge on any atom is 0.253 e. The molecule has 29 heavy (non-hydrogen) atoms. The van der Waals surface area contributed by atoms with Crippen molar-refractivity contribution in [2.24, 2.45) is 5.73 Å². The number of benzene rings is 2. The third kappa shape index (κ3) is 5.56. The highest BCUT2D eigenvalue weighted by Gasteiger charge is 2.27. The molecule has 1 unspecified atom stereocenters. The number of ether oxygens (including phenoxy) is 2. The third-order valence-corrected chi connectivity index (χ3v) is 4.89. The first kappa shape index (κ1) is 20.8. The summed E-state index contributed by atoms with van der Waals surface area (Å²) in [7, 11) is 1.52. The van der Waals surface area contributed by atoms with E-state index in [0.29, 0.717) is 44.1 Å². The maximum atomic E-state index is 12.7. The van der Waals surface area contributed by atoms with E-state index in [0.717, 1.165) is 5.56 Å². The summed E-state index contributed by atoms with van der Waals surface area (Å²) in [5.41, 5.74) is 7.50. The van der Waals surface area contributed by atoms with Crippen LogP contribution in [-0.2, 0) is 16.1 Å². The lowest BCUT2D eigenvalue weighted by Gasteiger charge is -2.35. The molecule has 0 aliphatic carbocycles. The van der Waals surface area contributed by atoms with Gasteiger partial charge in [-0.2, -0.15) is 0 Å². The number of hydrogen-bond donors (Lipinski definition) is 1. The first-order valence-corrected chi connectivity index (χ1v) is 9.68. The second-order valence-corrected chi connectivity index (χ2v) is 6.98. The third-order valence-electron chi connectivity index (χ3n) is 4.89. The zero-order chi connectivity index (χ0) is 20.6. The van der Waals surface area contributed by atoms with Gasteiger partial charge in [0.1, 0.15) is 18.4 Å². The Morgan fingerprint density at radius 3 is 2.21 bits per heavy atom. The number of piperazine rings is 1. The molecule has 2 N–H and O–H groups in total. The monoisotopic (exact) mass is 397 g/mol. The minimum Gasteiger partial charge on any atom is -0.489 e. The van der Waals surface area contributed by atoms with Crippen LogP contribution >= 0.6 is 0 Å². The molecule has 1 heterocycles. The summed E-state index contributed by atoms with van der Waals surface area (Å²) in [6.07, 6.45) is 0. The van der Waals surface area contributed by atoms with Crippen molar-refractivity contribution >= 4 is 11.8 Å². The molecular weight excluding hydrogens is 370 g/mol. The van der Waals surface area contributed by atoms with Crippen molar-refractivity contribution in [2.45, 2.75) is 12.6 Å². The van der Waals surface area contributed by atoms with E-state index in [1.54, 1.807) is 34.1 Å². The van der Waals surface area contributed by atoms with Crippen LogP contribution in [-0.4, -0.2) is 67.6 Å². The smallest absolute Gasteiger partial charge is 0.253 e. The zero-order valence-electron chi connectivity index (χ0n) is 16.6. The van der Waals surface area contributed by atoms with Crippen LogP contribution in [0.3, 0.4) is 0 Å². The van der Waals surface area contributed by atoms with E-state index < -0.39 is 6.04 Å². The van der Waals surface area contributed by atoms with Gasteiger partial charge in [-0.3, -0.25) is 9.59 Å². The second-order valence-electron chi connectivity index (χ2n) is 6.98. The fraction of sp³-hybridized carbons (Fsp3) is 0.364. The predicted molar refractivity (Wildman–Crippen MR) is 110 cm³/mol. The predicted octanol–water partition coefficient (Wildman–Crippen LogP) is 1.52. The van der Waals surface area contributed by atoms with E-state index in [2.05, 4.69) is 0 Å². The van der Waals surface area contributed by atoms with Crippen molar-refractivity contribution < 1.29 is 19.1 Å². The highest BCUT2D eigenvalue weighted by molar-refractivity contribution is 5.94. The van der Waals surface area contributed by atoms with Crippen molar-refractivity contribution in [3.05, 3.63) is 65.7 Å². The fourth-order valence-electron chi connectivity index (χ4n) is 3.23. The van der Waals surface area contributed by atoms with E-state index in [1.165, 1.54) is 7.11 Å². The molecule has 154 valence electrons. The fourth-order valence-corrected chi connectivity index (χ4v) is 3.23. The summed E-state index contributed by atoms with van der Waals surface area (Å²) < 4.78 is 10.7.